The van der Waals surface area contributed by atoms with Crippen molar-refractivity contribution >= 4 is 11.4 Å². The molecular formula is C15H21N3O2. The second-order valence-electron chi connectivity index (χ2n) is 5.84. The smallest absolute Gasteiger partial charge is 0.292 e. The summed E-state index contributed by atoms with van der Waals surface area (Å²) in [4.78, 5) is 13.2. The van der Waals surface area contributed by atoms with E-state index in [1.54, 1.807) is 12.1 Å². The third-order valence-electron chi connectivity index (χ3n) is 4.23. The molecule has 20 heavy (non-hydrogen) atoms. The molecule has 1 aliphatic carbocycles. The first kappa shape index (κ1) is 13.4. The average molecular weight is 275 g/mol. The van der Waals surface area contributed by atoms with Crippen molar-refractivity contribution in [3.05, 3.63) is 34.4 Å². The molecule has 1 aromatic rings. The van der Waals surface area contributed by atoms with Gasteiger partial charge >= 0.3 is 0 Å². The van der Waals surface area contributed by atoms with Gasteiger partial charge in [0, 0.05) is 18.7 Å². The minimum Gasteiger partial charge on any atom is -0.363 e. The van der Waals surface area contributed by atoms with Crippen molar-refractivity contribution in [2.75, 3.05) is 24.5 Å². The van der Waals surface area contributed by atoms with Gasteiger partial charge < -0.3 is 10.2 Å². The maximum Gasteiger partial charge on any atom is 0.292 e. The van der Waals surface area contributed by atoms with Crippen molar-refractivity contribution in [3.8, 4) is 0 Å². The Morgan fingerprint density at radius 1 is 1.30 bits per heavy atom. The Bertz CT molecular complexity index is 482. The Kier molecular flexibility index (Phi) is 3.87. The summed E-state index contributed by atoms with van der Waals surface area (Å²) in [6, 6.07) is 7.65. The molecule has 0 spiro atoms. The van der Waals surface area contributed by atoms with Gasteiger partial charge in [0.05, 0.1) is 4.92 Å². The highest BCUT2D eigenvalue weighted by atomic mass is 16.6. The van der Waals surface area contributed by atoms with Crippen LogP contribution in [0.5, 0.6) is 0 Å². The summed E-state index contributed by atoms with van der Waals surface area (Å²) in [6.07, 6.45) is 4.75. The third-order valence-corrected chi connectivity index (χ3v) is 4.23. The molecule has 0 amide bonds. The van der Waals surface area contributed by atoms with Crippen LogP contribution >= 0.6 is 0 Å². The van der Waals surface area contributed by atoms with Crippen LogP contribution in [0.15, 0.2) is 24.3 Å². The molecule has 1 saturated heterocycles. The monoisotopic (exact) mass is 275 g/mol. The van der Waals surface area contributed by atoms with E-state index in [2.05, 4.69) is 10.2 Å². The first-order valence-corrected chi connectivity index (χ1v) is 7.46. The Hall–Kier alpha value is -1.62. The summed E-state index contributed by atoms with van der Waals surface area (Å²) < 4.78 is 0. The lowest BCUT2D eigenvalue weighted by molar-refractivity contribution is -0.384. The van der Waals surface area contributed by atoms with Crippen molar-refractivity contribution in [2.24, 2.45) is 5.92 Å². The molecule has 2 fully saturated rings. The van der Waals surface area contributed by atoms with Crippen molar-refractivity contribution in [2.45, 2.75) is 31.7 Å². The SMILES string of the molecule is O=[N+]([O-])c1ccccc1N(CC1CCCNC1)C1CC1. The van der Waals surface area contributed by atoms with Crippen LogP contribution in [-0.2, 0) is 0 Å². The van der Waals surface area contributed by atoms with E-state index in [-0.39, 0.29) is 10.6 Å². The first-order valence-electron chi connectivity index (χ1n) is 7.46. The van der Waals surface area contributed by atoms with E-state index in [0.717, 1.165) is 38.2 Å². The second kappa shape index (κ2) is 5.79. The van der Waals surface area contributed by atoms with Crippen molar-refractivity contribution in [3.63, 3.8) is 0 Å². The molecular weight excluding hydrogens is 254 g/mol. The topological polar surface area (TPSA) is 58.4 Å². The van der Waals surface area contributed by atoms with Gasteiger partial charge in [0.15, 0.2) is 0 Å². The van der Waals surface area contributed by atoms with E-state index in [0.29, 0.717) is 12.0 Å². The number of piperidine rings is 1. The molecule has 1 atom stereocenters. The number of nitro groups is 1. The number of para-hydroxylation sites is 2. The molecule has 108 valence electrons. The number of nitrogens with one attached hydrogen (secondary N) is 1. The number of benzene rings is 1. The molecule has 5 heteroatoms. The Morgan fingerprint density at radius 3 is 2.75 bits per heavy atom. The molecule has 1 unspecified atom stereocenters. The Morgan fingerprint density at radius 2 is 2.10 bits per heavy atom. The largest absolute Gasteiger partial charge is 0.363 e. The summed E-state index contributed by atoms with van der Waals surface area (Å²) in [5, 5.41) is 14.7. The van der Waals surface area contributed by atoms with Crippen LogP contribution in [0.4, 0.5) is 11.4 Å². The zero-order chi connectivity index (χ0) is 13.9. The number of anilines is 1. The summed E-state index contributed by atoms with van der Waals surface area (Å²) in [7, 11) is 0. The minimum atomic E-state index is -0.260. The molecule has 0 aromatic heterocycles. The van der Waals surface area contributed by atoms with E-state index in [1.807, 2.05) is 12.1 Å². The zero-order valence-electron chi connectivity index (χ0n) is 11.6. The van der Waals surface area contributed by atoms with Gasteiger partial charge in [-0.1, -0.05) is 12.1 Å². The number of hydrogen-bond donors (Lipinski definition) is 1. The molecule has 0 radical (unpaired) electrons. The maximum absolute atomic E-state index is 11.2. The van der Waals surface area contributed by atoms with Crippen molar-refractivity contribution < 1.29 is 4.92 Å². The minimum absolute atomic E-state index is 0.239. The quantitative estimate of drug-likeness (QED) is 0.663. The normalized spacial score (nSPS) is 22.5. The number of nitro benzene ring substituents is 1. The van der Waals surface area contributed by atoms with E-state index in [9.17, 15) is 10.1 Å². The number of nitrogens with zero attached hydrogens (tertiary/aromatic N) is 2. The van der Waals surface area contributed by atoms with E-state index in [4.69, 9.17) is 0 Å². The van der Waals surface area contributed by atoms with Gasteiger partial charge in [0.25, 0.3) is 5.69 Å². The van der Waals surface area contributed by atoms with E-state index >= 15 is 0 Å². The van der Waals surface area contributed by atoms with Crippen molar-refractivity contribution in [1.82, 2.24) is 5.32 Å². The highest BCUT2D eigenvalue weighted by molar-refractivity contribution is 5.64. The summed E-state index contributed by atoms with van der Waals surface area (Å²) in [6.45, 7) is 3.07. The van der Waals surface area contributed by atoms with Crippen LogP contribution in [0.1, 0.15) is 25.7 Å². The van der Waals surface area contributed by atoms with Crippen molar-refractivity contribution in [1.29, 1.82) is 0 Å². The van der Waals surface area contributed by atoms with Crippen LogP contribution < -0.4 is 10.2 Å². The van der Waals surface area contributed by atoms with Gasteiger partial charge in [0.1, 0.15) is 5.69 Å². The molecule has 2 aliphatic rings. The molecule has 5 nitrogen and oxygen atoms in total. The molecule has 1 aromatic carbocycles. The van der Waals surface area contributed by atoms with E-state index in [1.165, 1.54) is 12.8 Å². The predicted octanol–water partition coefficient (Wildman–Crippen LogP) is 2.56. The number of rotatable bonds is 5. The second-order valence-corrected chi connectivity index (χ2v) is 5.84. The van der Waals surface area contributed by atoms with Gasteiger partial charge in [-0.15, -0.1) is 0 Å². The highest BCUT2D eigenvalue weighted by Crippen LogP contribution is 2.37. The lowest BCUT2D eigenvalue weighted by atomic mass is 9.98. The maximum atomic E-state index is 11.2. The fourth-order valence-corrected chi connectivity index (χ4v) is 3.05. The van der Waals surface area contributed by atoms with Crippen LogP contribution in [0, 0.1) is 16.0 Å². The average Bonchev–Trinajstić information content (AvgIpc) is 3.30. The summed E-state index contributed by atoms with van der Waals surface area (Å²) in [5.74, 6) is 0.601. The van der Waals surface area contributed by atoms with Crippen LogP contribution in [0.3, 0.4) is 0 Å². The fraction of sp³-hybridized carbons (Fsp3) is 0.600. The van der Waals surface area contributed by atoms with Gasteiger partial charge in [-0.2, -0.15) is 0 Å². The highest BCUT2D eigenvalue weighted by Gasteiger charge is 2.34. The molecule has 1 aliphatic heterocycles. The Balaban J connectivity index is 1.81. The third kappa shape index (κ3) is 2.93. The van der Waals surface area contributed by atoms with Crippen LogP contribution in [-0.4, -0.2) is 30.6 Å². The van der Waals surface area contributed by atoms with E-state index < -0.39 is 0 Å². The summed E-state index contributed by atoms with van der Waals surface area (Å²) >= 11 is 0. The molecule has 0 bridgehead atoms. The van der Waals surface area contributed by atoms with Gasteiger partial charge in [0.2, 0.25) is 0 Å². The lowest BCUT2D eigenvalue weighted by Crippen LogP contribution is -2.39. The predicted molar refractivity (Wildman–Crippen MR) is 79.1 cm³/mol. The Labute approximate surface area is 119 Å². The standard InChI is InChI=1S/C15H21N3O2/c19-18(20)15-6-2-1-5-14(15)17(13-7-8-13)11-12-4-3-9-16-10-12/h1-2,5-6,12-13,16H,3-4,7-11H2. The first-order chi connectivity index (χ1) is 9.75. The zero-order valence-corrected chi connectivity index (χ0v) is 11.6. The van der Waals surface area contributed by atoms with Crippen LogP contribution in [0.25, 0.3) is 0 Å². The van der Waals surface area contributed by atoms with Gasteiger partial charge in [-0.25, -0.2) is 0 Å². The molecule has 3 rings (SSSR count). The number of hydrogen-bond acceptors (Lipinski definition) is 4. The van der Waals surface area contributed by atoms with Gasteiger partial charge in [-0.3, -0.25) is 10.1 Å². The lowest BCUT2D eigenvalue weighted by Gasteiger charge is -2.31. The molecule has 1 heterocycles. The molecule has 1 saturated carbocycles. The van der Waals surface area contributed by atoms with Crippen LogP contribution in [0.2, 0.25) is 0 Å². The van der Waals surface area contributed by atoms with Gasteiger partial charge in [-0.05, 0) is 50.8 Å². The molecule has 1 N–H and O–H groups in total. The fourth-order valence-electron chi connectivity index (χ4n) is 3.05. The summed E-state index contributed by atoms with van der Waals surface area (Å²) in [5.41, 5.74) is 1.04.